The molecule has 0 aromatic heterocycles. The number of ether oxygens (including phenoxy) is 4. The molecule has 6 atom stereocenters. The Morgan fingerprint density at radius 1 is 1.14 bits per heavy atom. The number of hydrogen-bond acceptors (Lipinski definition) is 8. The molecule has 0 N–H and O–H groups in total. The lowest BCUT2D eigenvalue weighted by molar-refractivity contribution is -0.171. The molecule has 2 fully saturated rings. The van der Waals surface area contributed by atoms with Crippen LogP contribution in [0.5, 0.6) is 0 Å². The van der Waals surface area contributed by atoms with Gasteiger partial charge in [-0.05, 0) is 80.9 Å². The summed E-state index contributed by atoms with van der Waals surface area (Å²) in [5, 5.41) is -0.458. The second kappa shape index (κ2) is 14.2. The van der Waals surface area contributed by atoms with Gasteiger partial charge in [0.25, 0.3) is 0 Å². The van der Waals surface area contributed by atoms with Gasteiger partial charge in [-0.1, -0.05) is 49.0 Å². The Morgan fingerprint density at radius 2 is 1.86 bits per heavy atom. The number of hydrogen-bond donors (Lipinski definition) is 0. The fraction of sp³-hybridized carbons (Fsp3) is 0.645. The highest BCUT2D eigenvalue weighted by atomic mass is 79.9. The van der Waals surface area contributed by atoms with Crippen molar-refractivity contribution in [1.29, 1.82) is 0 Å². The van der Waals surface area contributed by atoms with Crippen LogP contribution in [0.4, 0.5) is 4.79 Å². The van der Waals surface area contributed by atoms with Crippen LogP contribution in [-0.4, -0.2) is 77.4 Å². The van der Waals surface area contributed by atoms with Crippen molar-refractivity contribution >= 4 is 45.6 Å². The molecule has 0 aliphatic carbocycles. The molecule has 42 heavy (non-hydrogen) atoms. The highest BCUT2D eigenvalue weighted by Gasteiger charge is 2.54. The van der Waals surface area contributed by atoms with E-state index in [2.05, 4.69) is 22.9 Å². The van der Waals surface area contributed by atoms with E-state index in [0.717, 1.165) is 45.7 Å². The van der Waals surface area contributed by atoms with E-state index in [0.29, 0.717) is 13.2 Å². The van der Waals surface area contributed by atoms with E-state index < -0.39 is 46.9 Å². The zero-order valence-corrected chi connectivity index (χ0v) is 27.7. The van der Waals surface area contributed by atoms with Gasteiger partial charge in [-0.25, -0.2) is 14.5 Å². The highest BCUT2D eigenvalue weighted by molar-refractivity contribution is 9.14. The quantitative estimate of drug-likeness (QED) is 0.257. The third kappa shape index (κ3) is 7.96. The van der Waals surface area contributed by atoms with Gasteiger partial charge in [-0.15, -0.1) is 0 Å². The van der Waals surface area contributed by atoms with Gasteiger partial charge >= 0.3 is 12.0 Å². The summed E-state index contributed by atoms with van der Waals surface area (Å²) in [5.41, 5.74) is 0.996. The molecular formula is C31H43BrN2O7S. The Hall–Kier alpha value is -1.92. The molecule has 11 heteroatoms. The molecule has 232 valence electrons. The third-order valence-electron chi connectivity index (χ3n) is 7.50. The second-order valence-corrected chi connectivity index (χ2v) is 14.7. The average Bonchev–Trinajstić information content (AvgIpc) is 3.25. The van der Waals surface area contributed by atoms with Gasteiger partial charge in [0, 0.05) is 12.5 Å². The minimum Gasteiger partial charge on any atom is -0.458 e. The van der Waals surface area contributed by atoms with Crippen molar-refractivity contribution in [2.24, 2.45) is 11.8 Å². The number of carbonyl (C=O) groups excluding carboxylic acids is 3. The molecule has 0 saturated carbocycles. The summed E-state index contributed by atoms with van der Waals surface area (Å²) in [5.74, 6) is -1.52. The largest absolute Gasteiger partial charge is 0.458 e. The summed E-state index contributed by atoms with van der Waals surface area (Å²) >= 11 is 5.03. The molecule has 2 saturated heterocycles. The predicted molar refractivity (Wildman–Crippen MR) is 165 cm³/mol. The van der Waals surface area contributed by atoms with E-state index in [1.54, 1.807) is 32.6 Å². The molecule has 1 aromatic rings. The molecule has 3 amide bonds. The summed E-state index contributed by atoms with van der Waals surface area (Å²) in [4.78, 5) is 43.6. The van der Waals surface area contributed by atoms with Crippen LogP contribution in [-0.2, 0) is 28.5 Å². The fourth-order valence-corrected chi connectivity index (χ4v) is 7.33. The Kier molecular flexibility index (Phi) is 11.2. The first-order chi connectivity index (χ1) is 19.9. The number of urea groups is 1. The Morgan fingerprint density at radius 3 is 2.50 bits per heavy atom. The van der Waals surface area contributed by atoms with Crippen molar-refractivity contribution in [3.8, 4) is 0 Å². The van der Waals surface area contributed by atoms with E-state index in [-0.39, 0.29) is 18.8 Å². The van der Waals surface area contributed by atoms with Crippen LogP contribution in [0.15, 0.2) is 39.7 Å². The average molecular weight is 668 g/mol. The first-order valence-corrected chi connectivity index (χ1v) is 16.3. The van der Waals surface area contributed by atoms with Gasteiger partial charge in [0.2, 0.25) is 5.91 Å². The van der Waals surface area contributed by atoms with Crippen molar-refractivity contribution in [1.82, 2.24) is 9.80 Å². The van der Waals surface area contributed by atoms with Gasteiger partial charge in [0.05, 0.1) is 29.5 Å². The number of benzene rings is 1. The molecule has 3 aliphatic rings. The number of imide groups is 1. The molecule has 0 bridgehead atoms. The number of thioether (sulfide) groups is 1. The maximum atomic E-state index is 14.1. The molecule has 0 spiro atoms. The Bertz CT molecular complexity index is 1150. The number of halogens is 1. The van der Waals surface area contributed by atoms with Crippen LogP contribution < -0.4 is 0 Å². The zero-order chi connectivity index (χ0) is 30.6. The van der Waals surface area contributed by atoms with E-state index >= 15 is 0 Å². The van der Waals surface area contributed by atoms with Crippen molar-refractivity contribution in [3.63, 3.8) is 0 Å². The van der Waals surface area contributed by atoms with Crippen LogP contribution in [0, 0.1) is 11.8 Å². The third-order valence-corrected chi connectivity index (χ3v) is 9.99. The molecule has 5 unspecified atom stereocenters. The molecule has 3 aliphatic heterocycles. The van der Waals surface area contributed by atoms with Crippen molar-refractivity contribution in [3.05, 3.63) is 45.3 Å². The monoisotopic (exact) mass is 666 g/mol. The standard InChI is InChI=1S/C31H43BrN2O7S/c1-19(18-40-24-14-10-11-15-38-24)17-39-23(22-12-8-7-9-13-22)16-33-28-25(20(2)26(32)42-28)27(35)34(30(33)37)21(3)29(36)41-31(4,5)6/h7-9,12-13,19,21,23-25,28H,10-11,14-18H2,1-6H3/t19?,21?,23-,24?,25?,28?/m0/s1. The fourth-order valence-electron chi connectivity index (χ4n) is 5.22. The topological polar surface area (TPSA) is 94.6 Å². The number of nitrogens with zero attached hydrogens (tertiary/aromatic N) is 2. The molecule has 0 radical (unpaired) electrons. The minimum absolute atomic E-state index is 0.0933. The summed E-state index contributed by atoms with van der Waals surface area (Å²) < 4.78 is 24.5. The number of fused-ring (bicyclic) bond motifs is 1. The van der Waals surface area contributed by atoms with Gasteiger partial charge in [-0.2, -0.15) is 0 Å². The van der Waals surface area contributed by atoms with E-state index in [1.807, 2.05) is 37.3 Å². The number of carbonyl (C=O) groups is 3. The summed E-state index contributed by atoms with van der Waals surface area (Å²) in [6.45, 7) is 12.6. The maximum absolute atomic E-state index is 14.1. The lowest BCUT2D eigenvalue weighted by Gasteiger charge is -2.44. The van der Waals surface area contributed by atoms with Crippen molar-refractivity contribution < 1.29 is 33.3 Å². The minimum atomic E-state index is -1.08. The number of rotatable bonds is 11. The van der Waals surface area contributed by atoms with E-state index in [1.165, 1.54) is 11.8 Å². The van der Waals surface area contributed by atoms with E-state index in [9.17, 15) is 14.4 Å². The molecule has 3 heterocycles. The van der Waals surface area contributed by atoms with Crippen LogP contribution >= 0.6 is 27.7 Å². The second-order valence-electron chi connectivity index (χ2n) is 12.3. The Labute approximate surface area is 261 Å². The molecule has 1 aromatic carbocycles. The lowest BCUT2D eigenvalue weighted by Crippen LogP contribution is -2.64. The first kappa shape index (κ1) is 33.0. The van der Waals surface area contributed by atoms with Gasteiger partial charge in [0.15, 0.2) is 6.29 Å². The maximum Gasteiger partial charge on any atom is 0.329 e. The summed E-state index contributed by atoms with van der Waals surface area (Å²) in [6.07, 6.45) is 2.44. The number of esters is 1. The smallest absolute Gasteiger partial charge is 0.329 e. The van der Waals surface area contributed by atoms with Gasteiger partial charge in [-0.3, -0.25) is 4.79 Å². The normalized spacial score (nSPS) is 25.4. The molecule has 9 nitrogen and oxygen atoms in total. The van der Waals surface area contributed by atoms with Gasteiger partial charge in [0.1, 0.15) is 23.1 Å². The zero-order valence-electron chi connectivity index (χ0n) is 25.3. The van der Waals surface area contributed by atoms with Crippen LogP contribution in [0.2, 0.25) is 0 Å². The van der Waals surface area contributed by atoms with Gasteiger partial charge < -0.3 is 23.8 Å². The van der Waals surface area contributed by atoms with Crippen molar-refractivity contribution in [2.45, 2.75) is 90.2 Å². The predicted octanol–water partition coefficient (Wildman–Crippen LogP) is 6.23. The van der Waals surface area contributed by atoms with Crippen LogP contribution in [0.1, 0.15) is 72.5 Å². The van der Waals surface area contributed by atoms with Crippen LogP contribution in [0.3, 0.4) is 0 Å². The summed E-state index contributed by atoms with van der Waals surface area (Å²) in [7, 11) is 0. The Balaban J connectivity index is 1.54. The SMILES string of the molecule is CC1=C(Br)SC2C1C(=O)N(C(C)C(=O)OC(C)(C)C)C(=O)N2C[C@H](OCC(C)COC1CCCCO1)c1ccccc1. The van der Waals surface area contributed by atoms with Crippen LogP contribution in [0.25, 0.3) is 0 Å². The van der Waals surface area contributed by atoms with Crippen molar-refractivity contribution in [2.75, 3.05) is 26.4 Å². The molecular weight excluding hydrogens is 624 g/mol. The molecule has 4 rings (SSSR count). The lowest BCUT2D eigenvalue weighted by atomic mass is 9.95. The number of amides is 3. The summed E-state index contributed by atoms with van der Waals surface area (Å²) in [6, 6.07) is 8.14. The highest BCUT2D eigenvalue weighted by Crippen LogP contribution is 2.50. The first-order valence-electron chi connectivity index (χ1n) is 14.7. The van der Waals surface area contributed by atoms with E-state index in [4.69, 9.17) is 18.9 Å².